The van der Waals surface area contributed by atoms with Gasteiger partial charge in [0.2, 0.25) is 0 Å². The van der Waals surface area contributed by atoms with Gasteiger partial charge >= 0.3 is 5.97 Å². The lowest BCUT2D eigenvalue weighted by atomic mass is 10.1. The Kier molecular flexibility index (Phi) is 3.77. The maximum absolute atomic E-state index is 11.2. The molecule has 0 amide bonds. The zero-order valence-corrected chi connectivity index (χ0v) is 11.2. The van der Waals surface area contributed by atoms with Crippen LogP contribution in [0.1, 0.15) is 29.3 Å². The summed E-state index contributed by atoms with van der Waals surface area (Å²) in [5.74, 6) is -0.485. The van der Waals surface area contributed by atoms with E-state index in [-0.39, 0.29) is 5.69 Å². The molecule has 3 nitrogen and oxygen atoms in total. The second-order valence-electron chi connectivity index (χ2n) is 4.55. The Morgan fingerprint density at radius 3 is 2.56 bits per heavy atom. The molecule has 0 unspecified atom stereocenters. The standard InChI is InChI=1S/C14H15NO2S/c1-9(2)8-11-15-12(14(16)17)13(18-11)10-6-4-3-5-7-10/h3-7,9H,8H2,1-2H3,(H,16,17). The summed E-state index contributed by atoms with van der Waals surface area (Å²) in [5, 5.41) is 10.1. The van der Waals surface area contributed by atoms with Crippen molar-refractivity contribution >= 4 is 17.3 Å². The van der Waals surface area contributed by atoms with Gasteiger partial charge in [-0.25, -0.2) is 9.78 Å². The average molecular weight is 261 g/mol. The van der Waals surface area contributed by atoms with Gasteiger partial charge in [-0.05, 0) is 11.5 Å². The van der Waals surface area contributed by atoms with Gasteiger partial charge in [-0.1, -0.05) is 44.2 Å². The van der Waals surface area contributed by atoms with E-state index >= 15 is 0 Å². The van der Waals surface area contributed by atoms with Crippen molar-refractivity contribution in [2.24, 2.45) is 5.92 Å². The number of aromatic carboxylic acids is 1. The van der Waals surface area contributed by atoms with Crippen LogP contribution in [0.4, 0.5) is 0 Å². The molecular weight excluding hydrogens is 246 g/mol. The molecule has 0 atom stereocenters. The van der Waals surface area contributed by atoms with Crippen LogP contribution >= 0.6 is 11.3 Å². The maximum atomic E-state index is 11.2. The van der Waals surface area contributed by atoms with E-state index in [1.807, 2.05) is 30.3 Å². The highest BCUT2D eigenvalue weighted by molar-refractivity contribution is 7.15. The first-order valence-corrected chi connectivity index (χ1v) is 6.68. The smallest absolute Gasteiger partial charge is 0.356 e. The lowest BCUT2D eigenvalue weighted by Crippen LogP contribution is -2.00. The molecule has 0 aliphatic rings. The number of hydrogen-bond donors (Lipinski definition) is 1. The van der Waals surface area contributed by atoms with Crippen molar-refractivity contribution in [1.82, 2.24) is 4.98 Å². The molecule has 18 heavy (non-hydrogen) atoms. The monoisotopic (exact) mass is 261 g/mol. The molecule has 94 valence electrons. The van der Waals surface area contributed by atoms with Crippen LogP contribution in [0, 0.1) is 5.92 Å². The lowest BCUT2D eigenvalue weighted by molar-refractivity contribution is 0.0692. The first-order chi connectivity index (χ1) is 8.58. The Morgan fingerprint density at radius 2 is 2.00 bits per heavy atom. The molecular formula is C14H15NO2S. The van der Waals surface area contributed by atoms with Crippen LogP contribution < -0.4 is 0 Å². The number of carboxylic acids is 1. The predicted molar refractivity (Wildman–Crippen MR) is 73.1 cm³/mol. The van der Waals surface area contributed by atoms with Crippen molar-refractivity contribution in [1.29, 1.82) is 0 Å². The van der Waals surface area contributed by atoms with Gasteiger partial charge in [0, 0.05) is 6.42 Å². The van der Waals surface area contributed by atoms with E-state index < -0.39 is 5.97 Å². The minimum Gasteiger partial charge on any atom is -0.476 e. The summed E-state index contributed by atoms with van der Waals surface area (Å²) in [5.41, 5.74) is 1.09. The SMILES string of the molecule is CC(C)Cc1nc(C(=O)O)c(-c2ccccc2)s1. The molecule has 1 N–H and O–H groups in total. The summed E-state index contributed by atoms with van der Waals surface area (Å²) in [4.78, 5) is 16.2. The third-order valence-corrected chi connectivity index (χ3v) is 3.62. The van der Waals surface area contributed by atoms with Gasteiger partial charge < -0.3 is 5.11 Å². The van der Waals surface area contributed by atoms with E-state index in [9.17, 15) is 9.90 Å². The Labute approximate surface area is 110 Å². The molecule has 1 aromatic heterocycles. The van der Waals surface area contributed by atoms with Gasteiger partial charge in [0.25, 0.3) is 0 Å². The minimum absolute atomic E-state index is 0.168. The van der Waals surface area contributed by atoms with E-state index in [2.05, 4.69) is 18.8 Å². The summed E-state index contributed by atoms with van der Waals surface area (Å²) in [6, 6.07) is 9.56. The summed E-state index contributed by atoms with van der Waals surface area (Å²) >= 11 is 1.48. The fourth-order valence-corrected chi connectivity index (χ4v) is 3.00. The van der Waals surface area contributed by atoms with Crippen LogP contribution in [0.25, 0.3) is 10.4 Å². The van der Waals surface area contributed by atoms with Crippen molar-refractivity contribution in [3.8, 4) is 10.4 Å². The average Bonchev–Trinajstić information content (AvgIpc) is 2.73. The first-order valence-electron chi connectivity index (χ1n) is 5.86. The Morgan fingerprint density at radius 1 is 1.33 bits per heavy atom. The van der Waals surface area contributed by atoms with Crippen LogP contribution in [0.5, 0.6) is 0 Å². The van der Waals surface area contributed by atoms with E-state index in [0.29, 0.717) is 5.92 Å². The van der Waals surface area contributed by atoms with Gasteiger partial charge in [-0.2, -0.15) is 0 Å². The number of aromatic nitrogens is 1. The number of nitrogens with zero attached hydrogens (tertiary/aromatic N) is 1. The molecule has 0 radical (unpaired) electrons. The summed E-state index contributed by atoms with van der Waals surface area (Å²) in [7, 11) is 0. The van der Waals surface area contributed by atoms with Crippen LogP contribution in [0.15, 0.2) is 30.3 Å². The molecule has 0 aliphatic heterocycles. The van der Waals surface area contributed by atoms with Crippen molar-refractivity contribution in [2.45, 2.75) is 20.3 Å². The van der Waals surface area contributed by atoms with Crippen LogP contribution in [0.3, 0.4) is 0 Å². The van der Waals surface area contributed by atoms with Gasteiger partial charge in [-0.3, -0.25) is 0 Å². The zero-order valence-electron chi connectivity index (χ0n) is 10.4. The van der Waals surface area contributed by atoms with Crippen molar-refractivity contribution in [2.75, 3.05) is 0 Å². The molecule has 0 fully saturated rings. The van der Waals surface area contributed by atoms with E-state index in [1.54, 1.807) is 0 Å². The van der Waals surface area contributed by atoms with Gasteiger partial charge in [0.05, 0.1) is 9.88 Å². The molecule has 0 aliphatic carbocycles. The van der Waals surface area contributed by atoms with Crippen molar-refractivity contribution in [3.05, 3.63) is 41.0 Å². The van der Waals surface area contributed by atoms with E-state index in [1.165, 1.54) is 11.3 Å². The quantitative estimate of drug-likeness (QED) is 0.912. The summed E-state index contributed by atoms with van der Waals surface area (Å²) < 4.78 is 0. The zero-order chi connectivity index (χ0) is 13.1. The third kappa shape index (κ3) is 2.76. The molecule has 1 aromatic carbocycles. The first kappa shape index (κ1) is 12.8. The highest BCUT2D eigenvalue weighted by Gasteiger charge is 2.18. The minimum atomic E-state index is -0.958. The second kappa shape index (κ2) is 5.31. The van der Waals surface area contributed by atoms with E-state index in [0.717, 1.165) is 21.9 Å². The highest BCUT2D eigenvalue weighted by Crippen LogP contribution is 2.31. The molecule has 2 rings (SSSR count). The number of carbonyl (C=O) groups is 1. The van der Waals surface area contributed by atoms with Gasteiger partial charge in [0.15, 0.2) is 5.69 Å². The fourth-order valence-electron chi connectivity index (χ4n) is 1.73. The normalized spacial score (nSPS) is 10.8. The number of rotatable bonds is 4. The number of hydrogen-bond acceptors (Lipinski definition) is 3. The number of thiazole rings is 1. The molecule has 0 saturated carbocycles. The Balaban J connectivity index is 2.45. The van der Waals surface area contributed by atoms with Gasteiger partial charge in [-0.15, -0.1) is 11.3 Å². The number of carboxylic acid groups (broad SMARTS) is 1. The largest absolute Gasteiger partial charge is 0.476 e. The Bertz CT molecular complexity index is 546. The number of benzene rings is 1. The molecule has 0 bridgehead atoms. The van der Waals surface area contributed by atoms with Crippen molar-refractivity contribution < 1.29 is 9.90 Å². The van der Waals surface area contributed by atoms with Gasteiger partial charge in [0.1, 0.15) is 0 Å². The maximum Gasteiger partial charge on any atom is 0.356 e. The topological polar surface area (TPSA) is 50.2 Å². The van der Waals surface area contributed by atoms with Crippen LogP contribution in [-0.4, -0.2) is 16.1 Å². The lowest BCUT2D eigenvalue weighted by Gasteiger charge is -1.98. The predicted octanol–water partition coefficient (Wildman–Crippen LogP) is 3.71. The van der Waals surface area contributed by atoms with E-state index in [4.69, 9.17) is 0 Å². The second-order valence-corrected chi connectivity index (χ2v) is 5.64. The summed E-state index contributed by atoms with van der Waals surface area (Å²) in [6.07, 6.45) is 0.817. The summed E-state index contributed by atoms with van der Waals surface area (Å²) in [6.45, 7) is 4.20. The fraction of sp³-hybridized carbons (Fsp3) is 0.286. The molecule has 2 aromatic rings. The Hall–Kier alpha value is -1.68. The van der Waals surface area contributed by atoms with Crippen molar-refractivity contribution in [3.63, 3.8) is 0 Å². The molecule has 4 heteroatoms. The third-order valence-electron chi connectivity index (χ3n) is 2.49. The van der Waals surface area contributed by atoms with Crippen LogP contribution in [0.2, 0.25) is 0 Å². The molecule has 1 heterocycles. The molecule has 0 spiro atoms. The van der Waals surface area contributed by atoms with Crippen LogP contribution in [-0.2, 0) is 6.42 Å². The highest BCUT2D eigenvalue weighted by atomic mass is 32.1. The molecule has 0 saturated heterocycles.